The van der Waals surface area contributed by atoms with Crippen LogP contribution in [0.5, 0.6) is 0 Å². The molecule has 0 bridgehead atoms. The Bertz CT molecular complexity index is 405. The van der Waals surface area contributed by atoms with E-state index < -0.39 is 0 Å². The summed E-state index contributed by atoms with van der Waals surface area (Å²) < 4.78 is 5.93. The standard InChI is InChI=1S/C10H11IN2O3/c11-9-7-8(1-2-10(9)13(14)15)12-3-5-16-6-4-12/h1-2,7H,3-6H2. The van der Waals surface area contributed by atoms with Crippen molar-refractivity contribution in [3.63, 3.8) is 0 Å². The molecule has 0 aliphatic carbocycles. The first-order valence-corrected chi connectivity index (χ1v) is 6.03. The lowest BCUT2D eigenvalue weighted by Gasteiger charge is -2.28. The smallest absolute Gasteiger partial charge is 0.282 e. The Morgan fingerprint density at radius 3 is 2.62 bits per heavy atom. The fourth-order valence-corrected chi connectivity index (χ4v) is 2.36. The molecule has 86 valence electrons. The summed E-state index contributed by atoms with van der Waals surface area (Å²) in [4.78, 5) is 12.5. The van der Waals surface area contributed by atoms with E-state index in [2.05, 4.69) is 4.90 Å². The van der Waals surface area contributed by atoms with Gasteiger partial charge in [-0.3, -0.25) is 10.1 Å². The van der Waals surface area contributed by atoms with E-state index in [0.29, 0.717) is 16.8 Å². The van der Waals surface area contributed by atoms with Gasteiger partial charge < -0.3 is 9.64 Å². The molecule has 0 saturated carbocycles. The first-order valence-electron chi connectivity index (χ1n) is 4.95. The molecule has 1 aliphatic rings. The number of ether oxygens (including phenoxy) is 1. The van der Waals surface area contributed by atoms with E-state index in [4.69, 9.17) is 4.74 Å². The third-order valence-corrected chi connectivity index (χ3v) is 3.37. The number of anilines is 1. The van der Waals surface area contributed by atoms with Gasteiger partial charge in [0.1, 0.15) is 0 Å². The number of nitro groups is 1. The van der Waals surface area contributed by atoms with Gasteiger partial charge in [0.25, 0.3) is 5.69 Å². The van der Waals surface area contributed by atoms with Crippen LogP contribution in [0.1, 0.15) is 0 Å². The van der Waals surface area contributed by atoms with Gasteiger partial charge in [-0.25, -0.2) is 0 Å². The highest BCUT2D eigenvalue weighted by molar-refractivity contribution is 14.1. The average Bonchev–Trinajstić information content (AvgIpc) is 2.29. The molecule has 0 radical (unpaired) electrons. The molecule has 5 nitrogen and oxygen atoms in total. The molecule has 0 N–H and O–H groups in total. The van der Waals surface area contributed by atoms with Gasteiger partial charge in [-0.15, -0.1) is 0 Å². The Balaban J connectivity index is 2.23. The zero-order chi connectivity index (χ0) is 11.5. The zero-order valence-corrected chi connectivity index (χ0v) is 10.7. The van der Waals surface area contributed by atoms with E-state index in [-0.39, 0.29) is 10.6 Å². The van der Waals surface area contributed by atoms with Crippen molar-refractivity contribution in [2.45, 2.75) is 0 Å². The van der Waals surface area contributed by atoms with Gasteiger partial charge in [-0.2, -0.15) is 0 Å². The predicted octanol–water partition coefficient (Wildman–Crippen LogP) is 2.04. The highest BCUT2D eigenvalue weighted by Gasteiger charge is 2.16. The second-order valence-corrected chi connectivity index (χ2v) is 4.65. The first-order chi connectivity index (χ1) is 7.68. The summed E-state index contributed by atoms with van der Waals surface area (Å²) in [5, 5.41) is 10.7. The van der Waals surface area contributed by atoms with Crippen molar-refractivity contribution in [3.05, 3.63) is 31.9 Å². The number of nitrogens with zero attached hydrogens (tertiary/aromatic N) is 2. The molecule has 1 aromatic rings. The van der Waals surface area contributed by atoms with Crippen LogP contribution in [-0.4, -0.2) is 31.2 Å². The van der Waals surface area contributed by atoms with E-state index in [9.17, 15) is 10.1 Å². The zero-order valence-electron chi connectivity index (χ0n) is 8.56. The molecule has 6 heteroatoms. The van der Waals surface area contributed by atoms with Gasteiger partial charge in [0.05, 0.1) is 21.7 Å². The van der Waals surface area contributed by atoms with Crippen molar-refractivity contribution < 1.29 is 9.66 Å². The lowest BCUT2D eigenvalue weighted by molar-refractivity contribution is -0.385. The number of benzene rings is 1. The van der Waals surface area contributed by atoms with Crippen LogP contribution in [0.2, 0.25) is 0 Å². The van der Waals surface area contributed by atoms with Gasteiger partial charge in [0, 0.05) is 24.8 Å². The Kier molecular flexibility index (Phi) is 3.59. The van der Waals surface area contributed by atoms with Crippen LogP contribution < -0.4 is 4.90 Å². The molecule has 1 fully saturated rings. The molecule has 2 rings (SSSR count). The Hall–Kier alpha value is -0.890. The summed E-state index contributed by atoms with van der Waals surface area (Å²) in [5.74, 6) is 0. The van der Waals surface area contributed by atoms with E-state index in [1.54, 1.807) is 12.1 Å². The van der Waals surface area contributed by atoms with Crippen molar-refractivity contribution in [1.82, 2.24) is 0 Å². The third-order valence-electron chi connectivity index (χ3n) is 2.50. The van der Waals surface area contributed by atoms with Gasteiger partial charge in [0.2, 0.25) is 0 Å². The maximum atomic E-state index is 10.7. The molecule has 0 amide bonds. The Morgan fingerprint density at radius 1 is 1.38 bits per heavy atom. The maximum absolute atomic E-state index is 10.7. The Labute approximate surface area is 107 Å². The van der Waals surface area contributed by atoms with Crippen LogP contribution in [-0.2, 0) is 4.74 Å². The molecule has 0 aromatic heterocycles. The van der Waals surface area contributed by atoms with E-state index in [0.717, 1.165) is 18.8 Å². The number of hydrogen-bond donors (Lipinski definition) is 0. The van der Waals surface area contributed by atoms with Crippen LogP contribution in [0, 0.1) is 13.7 Å². The lowest BCUT2D eigenvalue weighted by atomic mass is 10.2. The Morgan fingerprint density at radius 2 is 2.06 bits per heavy atom. The monoisotopic (exact) mass is 334 g/mol. The lowest BCUT2D eigenvalue weighted by Crippen LogP contribution is -2.36. The highest BCUT2D eigenvalue weighted by Crippen LogP contribution is 2.26. The van der Waals surface area contributed by atoms with Crippen molar-refractivity contribution in [2.24, 2.45) is 0 Å². The first kappa shape index (κ1) is 11.6. The molecule has 1 aliphatic heterocycles. The molecule has 1 saturated heterocycles. The summed E-state index contributed by atoms with van der Waals surface area (Å²) in [7, 11) is 0. The van der Waals surface area contributed by atoms with Crippen LogP contribution in [0.15, 0.2) is 18.2 Å². The summed E-state index contributed by atoms with van der Waals surface area (Å²) >= 11 is 2.00. The van der Waals surface area contributed by atoms with Crippen LogP contribution in [0.3, 0.4) is 0 Å². The molecule has 1 aromatic carbocycles. The summed E-state index contributed by atoms with van der Waals surface area (Å²) in [5.41, 5.74) is 1.19. The number of halogens is 1. The van der Waals surface area contributed by atoms with Crippen LogP contribution in [0.4, 0.5) is 11.4 Å². The van der Waals surface area contributed by atoms with Crippen LogP contribution in [0.25, 0.3) is 0 Å². The third kappa shape index (κ3) is 2.43. The van der Waals surface area contributed by atoms with Crippen molar-refractivity contribution in [1.29, 1.82) is 0 Å². The normalized spacial score (nSPS) is 16.2. The molecule has 16 heavy (non-hydrogen) atoms. The van der Waals surface area contributed by atoms with Crippen LogP contribution >= 0.6 is 22.6 Å². The minimum Gasteiger partial charge on any atom is -0.378 e. The molecule has 0 spiro atoms. The van der Waals surface area contributed by atoms with Crippen molar-refractivity contribution in [3.8, 4) is 0 Å². The number of rotatable bonds is 2. The summed E-state index contributed by atoms with van der Waals surface area (Å²) in [6, 6.07) is 5.21. The summed E-state index contributed by atoms with van der Waals surface area (Å²) in [6.07, 6.45) is 0. The molecule has 0 unspecified atom stereocenters. The molecule has 0 atom stereocenters. The van der Waals surface area contributed by atoms with Gasteiger partial charge in [-0.05, 0) is 34.7 Å². The molecule has 1 heterocycles. The van der Waals surface area contributed by atoms with E-state index in [1.165, 1.54) is 0 Å². The average molecular weight is 334 g/mol. The SMILES string of the molecule is O=[N+]([O-])c1ccc(N2CCOCC2)cc1I. The van der Waals surface area contributed by atoms with Gasteiger partial charge in [0.15, 0.2) is 0 Å². The summed E-state index contributed by atoms with van der Waals surface area (Å²) in [6.45, 7) is 3.11. The van der Waals surface area contributed by atoms with Gasteiger partial charge >= 0.3 is 0 Å². The van der Waals surface area contributed by atoms with Gasteiger partial charge in [-0.1, -0.05) is 0 Å². The van der Waals surface area contributed by atoms with E-state index in [1.807, 2.05) is 28.7 Å². The van der Waals surface area contributed by atoms with Crippen molar-refractivity contribution >= 4 is 34.0 Å². The highest BCUT2D eigenvalue weighted by atomic mass is 127. The number of morpholine rings is 1. The predicted molar refractivity (Wildman–Crippen MR) is 68.8 cm³/mol. The molecular formula is C10H11IN2O3. The quantitative estimate of drug-likeness (QED) is 0.472. The largest absolute Gasteiger partial charge is 0.378 e. The van der Waals surface area contributed by atoms with Crippen molar-refractivity contribution in [2.75, 3.05) is 31.2 Å². The topological polar surface area (TPSA) is 55.6 Å². The van der Waals surface area contributed by atoms with E-state index >= 15 is 0 Å². The minimum atomic E-state index is -0.356. The molecular weight excluding hydrogens is 323 g/mol. The fraction of sp³-hybridized carbons (Fsp3) is 0.400. The fourth-order valence-electron chi connectivity index (χ4n) is 1.66. The number of hydrogen-bond acceptors (Lipinski definition) is 4. The second kappa shape index (κ2) is 4.96. The second-order valence-electron chi connectivity index (χ2n) is 3.49. The number of nitro benzene ring substituents is 1. The minimum absolute atomic E-state index is 0.164. The maximum Gasteiger partial charge on any atom is 0.282 e.